The van der Waals surface area contributed by atoms with Gasteiger partial charge in [0.25, 0.3) is 5.91 Å². The van der Waals surface area contributed by atoms with Crippen molar-refractivity contribution in [3.63, 3.8) is 0 Å². The summed E-state index contributed by atoms with van der Waals surface area (Å²) in [5.41, 5.74) is 0.299. The van der Waals surface area contributed by atoms with Crippen molar-refractivity contribution in [3.8, 4) is 0 Å². The minimum Gasteiger partial charge on any atom is -0.350 e. The Morgan fingerprint density at radius 1 is 1.56 bits per heavy atom. The summed E-state index contributed by atoms with van der Waals surface area (Å²) in [5, 5.41) is 2.74. The van der Waals surface area contributed by atoms with Crippen LogP contribution >= 0.6 is 27.5 Å². The number of rotatable bonds is 4. The van der Waals surface area contributed by atoms with E-state index in [1.807, 2.05) is 6.92 Å². The van der Waals surface area contributed by atoms with Crippen molar-refractivity contribution >= 4 is 33.4 Å². The van der Waals surface area contributed by atoms with Crippen molar-refractivity contribution in [2.45, 2.75) is 19.4 Å². The highest BCUT2D eigenvalue weighted by Crippen LogP contribution is 2.15. The zero-order valence-corrected chi connectivity index (χ0v) is 11.1. The maximum atomic E-state index is 13.0. The van der Waals surface area contributed by atoms with Crippen molar-refractivity contribution < 1.29 is 9.18 Å². The fraction of sp³-hybridized carbons (Fsp3) is 0.364. The van der Waals surface area contributed by atoms with E-state index in [1.54, 1.807) is 6.07 Å². The van der Waals surface area contributed by atoms with Gasteiger partial charge in [-0.25, -0.2) is 4.39 Å². The lowest BCUT2D eigenvalue weighted by atomic mass is 10.2. The van der Waals surface area contributed by atoms with Gasteiger partial charge in [0.05, 0.1) is 0 Å². The molecule has 0 aliphatic carbocycles. The number of carbonyl (C=O) groups is 1. The standard InChI is InChI=1S/C11H12BrClFNO/c1-7(2-3-13)15-11(16)8-4-9(12)6-10(14)5-8/h4-7H,2-3H2,1H3,(H,15,16). The first-order valence-electron chi connectivity index (χ1n) is 4.86. The van der Waals surface area contributed by atoms with Crippen LogP contribution in [0.1, 0.15) is 23.7 Å². The molecule has 88 valence electrons. The molecule has 1 N–H and O–H groups in total. The fourth-order valence-corrected chi connectivity index (χ4v) is 2.02. The summed E-state index contributed by atoms with van der Waals surface area (Å²) in [7, 11) is 0. The van der Waals surface area contributed by atoms with Crippen molar-refractivity contribution in [3.05, 3.63) is 34.1 Å². The maximum absolute atomic E-state index is 13.0. The topological polar surface area (TPSA) is 29.1 Å². The first-order valence-corrected chi connectivity index (χ1v) is 6.18. The lowest BCUT2D eigenvalue weighted by Crippen LogP contribution is -2.32. The SMILES string of the molecule is CC(CCCl)NC(=O)c1cc(F)cc(Br)c1. The summed E-state index contributed by atoms with van der Waals surface area (Å²) in [6.45, 7) is 1.86. The molecule has 1 aromatic rings. The zero-order chi connectivity index (χ0) is 12.1. The highest BCUT2D eigenvalue weighted by molar-refractivity contribution is 9.10. The van der Waals surface area contributed by atoms with Crippen LogP contribution < -0.4 is 5.32 Å². The largest absolute Gasteiger partial charge is 0.350 e. The summed E-state index contributed by atoms with van der Waals surface area (Å²) < 4.78 is 13.6. The van der Waals surface area contributed by atoms with Gasteiger partial charge in [0, 0.05) is 22.0 Å². The van der Waals surface area contributed by atoms with Crippen LogP contribution in [0.5, 0.6) is 0 Å². The molecule has 1 unspecified atom stereocenters. The molecule has 0 heterocycles. The first kappa shape index (κ1) is 13.5. The van der Waals surface area contributed by atoms with Crippen LogP contribution in [0, 0.1) is 5.82 Å². The Morgan fingerprint density at radius 3 is 2.81 bits per heavy atom. The average molecular weight is 309 g/mol. The third-order valence-corrected chi connectivity index (χ3v) is 2.72. The van der Waals surface area contributed by atoms with E-state index in [2.05, 4.69) is 21.2 Å². The van der Waals surface area contributed by atoms with Gasteiger partial charge in [-0.05, 0) is 31.5 Å². The molecule has 0 bridgehead atoms. The van der Waals surface area contributed by atoms with E-state index in [0.29, 0.717) is 22.3 Å². The molecule has 0 aromatic heterocycles. The Labute approximate surface area is 107 Å². The Balaban J connectivity index is 2.72. The highest BCUT2D eigenvalue weighted by atomic mass is 79.9. The summed E-state index contributed by atoms with van der Waals surface area (Å²) in [5.74, 6) is -0.253. The number of amides is 1. The minimum atomic E-state index is -0.440. The maximum Gasteiger partial charge on any atom is 0.251 e. The summed E-state index contributed by atoms with van der Waals surface area (Å²) >= 11 is 8.69. The second kappa shape index (κ2) is 6.21. The van der Waals surface area contributed by atoms with Crippen LogP contribution in [0.25, 0.3) is 0 Å². The molecule has 0 fully saturated rings. The fourth-order valence-electron chi connectivity index (χ4n) is 1.23. The molecule has 2 nitrogen and oxygen atoms in total. The number of carbonyl (C=O) groups excluding carboxylic acids is 1. The quantitative estimate of drug-likeness (QED) is 0.849. The second-order valence-electron chi connectivity index (χ2n) is 3.51. The van der Waals surface area contributed by atoms with Crippen LogP contribution in [0.3, 0.4) is 0 Å². The highest BCUT2D eigenvalue weighted by Gasteiger charge is 2.10. The predicted octanol–water partition coefficient (Wildman–Crippen LogP) is 3.34. The van der Waals surface area contributed by atoms with Gasteiger partial charge >= 0.3 is 0 Å². The van der Waals surface area contributed by atoms with E-state index in [9.17, 15) is 9.18 Å². The van der Waals surface area contributed by atoms with Crippen LogP contribution in [0.15, 0.2) is 22.7 Å². The third kappa shape index (κ3) is 4.10. The van der Waals surface area contributed by atoms with Crippen LogP contribution in [-0.2, 0) is 0 Å². The average Bonchev–Trinajstić information content (AvgIpc) is 2.16. The lowest BCUT2D eigenvalue weighted by molar-refractivity contribution is 0.0939. The molecular weight excluding hydrogens is 296 g/mol. The van der Waals surface area contributed by atoms with E-state index in [-0.39, 0.29) is 11.9 Å². The molecule has 16 heavy (non-hydrogen) atoms. The molecule has 1 atom stereocenters. The van der Waals surface area contributed by atoms with E-state index in [0.717, 1.165) is 0 Å². The molecule has 0 saturated heterocycles. The lowest BCUT2D eigenvalue weighted by Gasteiger charge is -2.12. The van der Waals surface area contributed by atoms with Gasteiger partial charge in [0.1, 0.15) is 5.82 Å². The van der Waals surface area contributed by atoms with Gasteiger partial charge in [-0.15, -0.1) is 11.6 Å². The van der Waals surface area contributed by atoms with Crippen molar-refractivity contribution in [2.75, 3.05) is 5.88 Å². The number of hydrogen-bond donors (Lipinski definition) is 1. The molecule has 0 radical (unpaired) electrons. The second-order valence-corrected chi connectivity index (χ2v) is 4.80. The Hall–Kier alpha value is -0.610. The smallest absolute Gasteiger partial charge is 0.251 e. The Morgan fingerprint density at radius 2 is 2.25 bits per heavy atom. The molecule has 1 rings (SSSR count). The molecule has 1 amide bonds. The van der Waals surface area contributed by atoms with Crippen molar-refractivity contribution in [1.29, 1.82) is 0 Å². The summed E-state index contributed by atoms with van der Waals surface area (Å²) in [6.07, 6.45) is 0.684. The van der Waals surface area contributed by atoms with Gasteiger partial charge in [0.2, 0.25) is 0 Å². The number of halogens is 3. The van der Waals surface area contributed by atoms with E-state index >= 15 is 0 Å². The number of alkyl halides is 1. The van der Waals surface area contributed by atoms with E-state index in [1.165, 1.54) is 12.1 Å². The molecule has 0 aliphatic heterocycles. The van der Waals surface area contributed by atoms with Crippen LogP contribution in [-0.4, -0.2) is 17.8 Å². The summed E-state index contributed by atoms with van der Waals surface area (Å²) in [6, 6.07) is 4.06. The Bertz CT molecular complexity index is 366. The van der Waals surface area contributed by atoms with Crippen molar-refractivity contribution in [2.24, 2.45) is 0 Å². The molecule has 0 aliphatic rings. The number of hydrogen-bond acceptors (Lipinski definition) is 1. The van der Waals surface area contributed by atoms with E-state index < -0.39 is 5.82 Å². The molecule has 1 aromatic carbocycles. The Kier molecular flexibility index (Phi) is 5.22. The van der Waals surface area contributed by atoms with Gasteiger partial charge in [0.15, 0.2) is 0 Å². The van der Waals surface area contributed by atoms with E-state index in [4.69, 9.17) is 11.6 Å². The van der Waals surface area contributed by atoms with Gasteiger partial charge in [-0.3, -0.25) is 4.79 Å². The predicted molar refractivity (Wildman–Crippen MR) is 66.4 cm³/mol. The van der Waals surface area contributed by atoms with Gasteiger partial charge in [-0.1, -0.05) is 15.9 Å². The third-order valence-electron chi connectivity index (χ3n) is 2.04. The van der Waals surface area contributed by atoms with Crippen molar-refractivity contribution in [1.82, 2.24) is 5.32 Å². The normalized spacial score (nSPS) is 12.2. The molecular formula is C11H12BrClFNO. The monoisotopic (exact) mass is 307 g/mol. The number of benzene rings is 1. The summed E-state index contributed by atoms with van der Waals surface area (Å²) in [4.78, 5) is 11.7. The molecule has 0 saturated carbocycles. The first-order chi connectivity index (χ1) is 7.52. The van der Waals surface area contributed by atoms with Gasteiger partial charge in [-0.2, -0.15) is 0 Å². The van der Waals surface area contributed by atoms with Crippen LogP contribution in [0.2, 0.25) is 0 Å². The van der Waals surface area contributed by atoms with Crippen LogP contribution in [0.4, 0.5) is 4.39 Å². The number of nitrogens with one attached hydrogen (secondary N) is 1. The molecule has 0 spiro atoms. The van der Waals surface area contributed by atoms with Gasteiger partial charge < -0.3 is 5.32 Å². The zero-order valence-electron chi connectivity index (χ0n) is 8.77. The minimum absolute atomic E-state index is 0.0213. The molecule has 5 heteroatoms.